The highest BCUT2D eigenvalue weighted by Gasteiger charge is 2.46. The lowest BCUT2D eigenvalue weighted by molar-refractivity contribution is -0.155. The van der Waals surface area contributed by atoms with Gasteiger partial charge in [-0.3, -0.25) is 14.4 Å². The van der Waals surface area contributed by atoms with E-state index in [1.165, 1.54) is 16.2 Å². The third kappa shape index (κ3) is 5.18. The number of anilines is 1. The van der Waals surface area contributed by atoms with Gasteiger partial charge >= 0.3 is 12.1 Å². The van der Waals surface area contributed by atoms with E-state index >= 15 is 0 Å². The van der Waals surface area contributed by atoms with Gasteiger partial charge in [0.05, 0.1) is 12.0 Å². The van der Waals surface area contributed by atoms with E-state index in [-0.39, 0.29) is 12.3 Å². The van der Waals surface area contributed by atoms with Crippen LogP contribution in [-0.2, 0) is 19.1 Å². The summed E-state index contributed by atoms with van der Waals surface area (Å²) in [7, 11) is 0. The van der Waals surface area contributed by atoms with Crippen molar-refractivity contribution in [2.24, 2.45) is 5.92 Å². The number of carbonyl (C=O) groups excluding carboxylic acids is 3. The predicted octanol–water partition coefficient (Wildman–Crippen LogP) is 3.37. The number of rotatable bonds is 6. The summed E-state index contributed by atoms with van der Waals surface area (Å²) in [6, 6.07) is 10.2. The van der Waals surface area contributed by atoms with E-state index in [0.29, 0.717) is 5.69 Å². The minimum absolute atomic E-state index is 0.126. The van der Waals surface area contributed by atoms with Crippen LogP contribution in [-0.4, -0.2) is 37.1 Å². The van der Waals surface area contributed by atoms with Crippen LogP contribution in [0.2, 0.25) is 0 Å². The average Bonchev–Trinajstić information content (AvgIpc) is 3.32. The second kappa shape index (κ2) is 8.86. The first-order chi connectivity index (χ1) is 14.2. The van der Waals surface area contributed by atoms with Crippen LogP contribution in [0, 0.1) is 12.8 Å². The summed E-state index contributed by atoms with van der Waals surface area (Å²) in [4.78, 5) is 39.2. The van der Waals surface area contributed by atoms with Crippen molar-refractivity contribution in [3.8, 4) is 0 Å². The van der Waals surface area contributed by atoms with Gasteiger partial charge in [0.15, 0.2) is 6.61 Å². The van der Waals surface area contributed by atoms with Crippen molar-refractivity contribution in [1.29, 1.82) is 0 Å². The van der Waals surface area contributed by atoms with Crippen LogP contribution in [0.25, 0.3) is 0 Å². The molecule has 160 valence electrons. The van der Waals surface area contributed by atoms with E-state index in [0.717, 1.165) is 10.4 Å². The zero-order chi connectivity index (χ0) is 21.9. The summed E-state index contributed by atoms with van der Waals surface area (Å²) in [5.74, 6) is -3.03. The van der Waals surface area contributed by atoms with Crippen LogP contribution in [0.5, 0.6) is 0 Å². The van der Waals surface area contributed by atoms with Crippen molar-refractivity contribution in [2.75, 3.05) is 18.1 Å². The van der Waals surface area contributed by atoms with Gasteiger partial charge in [0, 0.05) is 17.0 Å². The minimum atomic E-state index is -4.56. The van der Waals surface area contributed by atoms with Gasteiger partial charge < -0.3 is 15.0 Å². The quantitative estimate of drug-likeness (QED) is 0.699. The molecule has 2 aromatic rings. The van der Waals surface area contributed by atoms with Crippen molar-refractivity contribution in [3.63, 3.8) is 0 Å². The molecule has 0 bridgehead atoms. The van der Waals surface area contributed by atoms with Crippen LogP contribution >= 0.6 is 11.3 Å². The van der Waals surface area contributed by atoms with Crippen molar-refractivity contribution >= 4 is 34.8 Å². The van der Waals surface area contributed by atoms with Gasteiger partial charge in [-0.25, -0.2) is 0 Å². The second-order valence-electron chi connectivity index (χ2n) is 6.87. The molecule has 1 aliphatic heterocycles. The maximum Gasteiger partial charge on any atom is 0.405 e. The summed E-state index contributed by atoms with van der Waals surface area (Å²) in [6.07, 6.45) is -4.68. The molecule has 0 radical (unpaired) electrons. The molecule has 1 N–H and O–H groups in total. The number of halogens is 3. The first kappa shape index (κ1) is 21.8. The lowest BCUT2D eigenvalue weighted by Gasteiger charge is -2.27. The Morgan fingerprint density at radius 3 is 2.53 bits per heavy atom. The molecule has 3 rings (SSSR count). The molecule has 1 aromatic heterocycles. The number of esters is 1. The monoisotopic (exact) mass is 440 g/mol. The number of alkyl halides is 3. The zero-order valence-electron chi connectivity index (χ0n) is 15.9. The molecule has 0 spiro atoms. The maximum atomic E-state index is 12.7. The van der Waals surface area contributed by atoms with Gasteiger partial charge in [0.2, 0.25) is 5.91 Å². The van der Waals surface area contributed by atoms with Crippen LogP contribution < -0.4 is 10.2 Å². The van der Waals surface area contributed by atoms with Crippen LogP contribution in [0.4, 0.5) is 18.9 Å². The number of hydrogen-bond donors (Lipinski definition) is 1. The standard InChI is InChI=1S/C20H19F3N2O4S/c1-12-4-6-13(7-5-12)25-17(27)9-14(18(25)15-3-2-8-30-15)19(28)29-10-16(26)24-11-20(21,22)23/h2-8,14,18H,9-11H2,1H3,(H,24,26)/t14-,18-/m1/s1. The Balaban J connectivity index is 1.75. The normalized spacial score (nSPS) is 19.1. The molecule has 6 nitrogen and oxygen atoms in total. The Hall–Kier alpha value is -2.88. The molecule has 30 heavy (non-hydrogen) atoms. The van der Waals surface area contributed by atoms with Gasteiger partial charge in [-0.05, 0) is 30.5 Å². The number of aryl methyl sites for hydroxylation is 1. The lowest BCUT2D eigenvalue weighted by Crippen LogP contribution is -2.37. The van der Waals surface area contributed by atoms with Gasteiger partial charge in [-0.2, -0.15) is 13.2 Å². The Morgan fingerprint density at radius 1 is 1.23 bits per heavy atom. The summed E-state index contributed by atoms with van der Waals surface area (Å²) < 4.78 is 41.5. The van der Waals surface area contributed by atoms with Crippen molar-refractivity contribution in [1.82, 2.24) is 5.32 Å². The molecule has 1 aliphatic rings. The predicted molar refractivity (Wildman–Crippen MR) is 104 cm³/mol. The van der Waals surface area contributed by atoms with Gasteiger partial charge in [0.1, 0.15) is 6.54 Å². The van der Waals surface area contributed by atoms with Crippen LogP contribution in [0.3, 0.4) is 0 Å². The highest BCUT2D eigenvalue weighted by molar-refractivity contribution is 7.10. The molecule has 0 saturated carbocycles. The first-order valence-corrected chi connectivity index (χ1v) is 9.96. The minimum Gasteiger partial charge on any atom is -0.455 e. The fraction of sp³-hybridized carbons (Fsp3) is 0.350. The molecule has 0 aliphatic carbocycles. The van der Waals surface area contributed by atoms with E-state index in [4.69, 9.17) is 4.74 Å². The van der Waals surface area contributed by atoms with Crippen LogP contribution in [0.1, 0.15) is 22.9 Å². The number of hydrogen-bond acceptors (Lipinski definition) is 5. The van der Waals surface area contributed by atoms with E-state index < -0.39 is 43.2 Å². The fourth-order valence-corrected chi connectivity index (χ4v) is 4.11. The third-order valence-corrected chi connectivity index (χ3v) is 5.55. The number of nitrogens with one attached hydrogen (secondary N) is 1. The molecular formula is C20H19F3N2O4S. The Morgan fingerprint density at radius 2 is 1.93 bits per heavy atom. The number of amides is 2. The number of benzene rings is 1. The number of carbonyl (C=O) groups is 3. The van der Waals surface area contributed by atoms with E-state index in [9.17, 15) is 27.6 Å². The zero-order valence-corrected chi connectivity index (χ0v) is 16.8. The van der Waals surface area contributed by atoms with E-state index in [2.05, 4.69) is 0 Å². The molecule has 2 atom stereocenters. The lowest BCUT2D eigenvalue weighted by atomic mass is 9.99. The largest absolute Gasteiger partial charge is 0.455 e. The molecular weight excluding hydrogens is 421 g/mol. The Bertz CT molecular complexity index is 913. The molecule has 1 saturated heterocycles. The van der Waals surface area contributed by atoms with E-state index in [1.807, 2.05) is 24.4 Å². The Labute approximate surface area is 174 Å². The average molecular weight is 440 g/mol. The molecule has 2 heterocycles. The molecule has 1 fully saturated rings. The third-order valence-electron chi connectivity index (χ3n) is 4.60. The maximum absolute atomic E-state index is 12.7. The highest BCUT2D eigenvalue weighted by Crippen LogP contribution is 2.43. The SMILES string of the molecule is Cc1ccc(N2C(=O)C[C@@H](C(=O)OCC(=O)NCC(F)(F)F)[C@@H]2c2cccs2)cc1. The molecule has 1 aromatic carbocycles. The van der Waals surface area contributed by atoms with Gasteiger partial charge in [-0.1, -0.05) is 23.8 Å². The van der Waals surface area contributed by atoms with Crippen molar-refractivity contribution in [2.45, 2.75) is 25.6 Å². The van der Waals surface area contributed by atoms with Crippen molar-refractivity contribution < 1.29 is 32.3 Å². The molecule has 10 heteroatoms. The van der Waals surface area contributed by atoms with Crippen LogP contribution in [0.15, 0.2) is 41.8 Å². The summed E-state index contributed by atoms with van der Waals surface area (Å²) in [5, 5.41) is 3.46. The Kier molecular flexibility index (Phi) is 6.45. The number of ether oxygens (including phenoxy) is 1. The smallest absolute Gasteiger partial charge is 0.405 e. The highest BCUT2D eigenvalue weighted by atomic mass is 32.1. The summed E-state index contributed by atoms with van der Waals surface area (Å²) in [6.45, 7) is -0.443. The topological polar surface area (TPSA) is 75.7 Å². The van der Waals surface area contributed by atoms with Gasteiger partial charge in [-0.15, -0.1) is 11.3 Å². The molecule has 2 amide bonds. The molecule has 0 unspecified atom stereocenters. The summed E-state index contributed by atoms with van der Waals surface area (Å²) >= 11 is 1.37. The number of nitrogens with zero attached hydrogens (tertiary/aromatic N) is 1. The fourth-order valence-electron chi connectivity index (χ4n) is 3.23. The van der Waals surface area contributed by atoms with Gasteiger partial charge in [0.25, 0.3) is 5.91 Å². The van der Waals surface area contributed by atoms with E-state index in [1.54, 1.807) is 29.6 Å². The van der Waals surface area contributed by atoms with Crippen molar-refractivity contribution in [3.05, 3.63) is 52.2 Å². The second-order valence-corrected chi connectivity index (χ2v) is 7.85. The number of thiophene rings is 1. The first-order valence-electron chi connectivity index (χ1n) is 9.08. The summed E-state index contributed by atoms with van der Waals surface area (Å²) in [5.41, 5.74) is 1.64.